The topological polar surface area (TPSA) is 17.8 Å². The summed E-state index contributed by atoms with van der Waals surface area (Å²) in [5, 5.41) is 3.83. The molecule has 0 atom stereocenters. The van der Waals surface area contributed by atoms with Gasteiger partial charge in [0, 0.05) is 19.4 Å². The minimum Gasteiger partial charge on any atom is -0.276 e. The highest BCUT2D eigenvalue weighted by Gasteiger charge is 1.69. The predicted octanol–water partition coefficient (Wildman–Crippen LogP) is 2.47. The summed E-state index contributed by atoms with van der Waals surface area (Å²) < 4.78 is 1.75. The van der Waals surface area contributed by atoms with Gasteiger partial charge in [-0.2, -0.15) is 5.10 Å². The van der Waals surface area contributed by atoms with Crippen molar-refractivity contribution < 1.29 is 0 Å². The van der Waals surface area contributed by atoms with Gasteiger partial charge < -0.3 is 0 Å². The van der Waals surface area contributed by atoms with Crippen molar-refractivity contribution >= 4 is 0 Å². The maximum absolute atomic E-state index is 3.83. The van der Waals surface area contributed by atoms with Crippen molar-refractivity contribution in [3.05, 3.63) is 18.5 Å². The summed E-state index contributed by atoms with van der Waals surface area (Å²) in [6.45, 7) is 8.00. The van der Waals surface area contributed by atoms with Crippen LogP contribution in [0.4, 0.5) is 0 Å². The van der Waals surface area contributed by atoms with Gasteiger partial charge in [-0.1, -0.05) is 27.7 Å². The number of hydrogen-bond donors (Lipinski definition) is 0. The Morgan fingerprint density at radius 2 is 1.60 bits per heavy atom. The zero-order chi connectivity index (χ0) is 8.41. The van der Waals surface area contributed by atoms with Crippen LogP contribution in [0.5, 0.6) is 0 Å². The molecule has 2 nitrogen and oxygen atoms in total. The number of hydrogen-bond acceptors (Lipinski definition) is 1. The molecule has 0 aliphatic carbocycles. The fourth-order valence-corrected chi connectivity index (χ4v) is 0.345. The molecule has 0 fully saturated rings. The summed E-state index contributed by atoms with van der Waals surface area (Å²) in [7, 11) is 1.89. The Balaban J connectivity index is 0. The second kappa shape index (κ2) is 11.1. The van der Waals surface area contributed by atoms with Crippen LogP contribution in [0.1, 0.15) is 27.7 Å². The van der Waals surface area contributed by atoms with Crippen molar-refractivity contribution in [1.82, 2.24) is 9.78 Å². The van der Waals surface area contributed by atoms with Crippen molar-refractivity contribution in [2.24, 2.45) is 7.05 Å². The summed E-state index contributed by atoms with van der Waals surface area (Å²) >= 11 is 0. The summed E-state index contributed by atoms with van der Waals surface area (Å²) in [6.07, 6.45) is 3.64. The largest absolute Gasteiger partial charge is 0.276 e. The maximum Gasteiger partial charge on any atom is 0.0489 e. The average Bonchev–Trinajstić information content (AvgIpc) is 2.48. The molecule has 0 aromatic carbocycles. The molecule has 1 rings (SSSR count). The molecule has 0 saturated heterocycles. The Morgan fingerprint density at radius 3 is 1.70 bits per heavy atom. The van der Waals surface area contributed by atoms with Gasteiger partial charge in [-0.15, -0.1) is 0 Å². The molecule has 0 amide bonds. The predicted molar refractivity (Wildman–Crippen MR) is 45.9 cm³/mol. The highest BCUT2D eigenvalue weighted by Crippen LogP contribution is 1.73. The molecule has 0 bridgehead atoms. The minimum absolute atomic E-state index is 1.75. The zero-order valence-corrected chi connectivity index (χ0v) is 7.63. The first-order chi connectivity index (χ1) is 4.89. The molecule has 10 heavy (non-hydrogen) atoms. The van der Waals surface area contributed by atoms with Gasteiger partial charge in [0.1, 0.15) is 0 Å². The minimum atomic E-state index is 1.75. The van der Waals surface area contributed by atoms with E-state index in [2.05, 4.69) is 5.10 Å². The fraction of sp³-hybridized carbons (Fsp3) is 0.625. The van der Waals surface area contributed by atoms with Crippen molar-refractivity contribution in [3.8, 4) is 0 Å². The quantitative estimate of drug-likeness (QED) is 0.544. The lowest BCUT2D eigenvalue weighted by Gasteiger charge is -1.77. The average molecular weight is 142 g/mol. The third-order valence-corrected chi connectivity index (χ3v) is 0.637. The van der Waals surface area contributed by atoms with E-state index in [9.17, 15) is 0 Å². The normalized spacial score (nSPS) is 6.50. The molecule has 1 heterocycles. The molecule has 60 valence electrons. The van der Waals surface area contributed by atoms with Gasteiger partial charge in [-0.3, -0.25) is 4.68 Å². The molecule has 0 saturated carbocycles. The van der Waals surface area contributed by atoms with Crippen LogP contribution in [-0.2, 0) is 7.05 Å². The van der Waals surface area contributed by atoms with Crippen LogP contribution in [0.3, 0.4) is 0 Å². The first kappa shape index (κ1) is 11.9. The third-order valence-electron chi connectivity index (χ3n) is 0.637. The van der Waals surface area contributed by atoms with Gasteiger partial charge in [0.05, 0.1) is 0 Å². The summed E-state index contributed by atoms with van der Waals surface area (Å²) in [4.78, 5) is 0. The lowest BCUT2D eigenvalue weighted by Crippen LogP contribution is -1.83. The molecule has 0 spiro atoms. The van der Waals surface area contributed by atoms with Crippen LogP contribution in [0.15, 0.2) is 18.5 Å². The highest BCUT2D eigenvalue weighted by atomic mass is 15.2. The van der Waals surface area contributed by atoms with Crippen LogP contribution < -0.4 is 0 Å². The Morgan fingerprint density at radius 1 is 1.10 bits per heavy atom. The van der Waals surface area contributed by atoms with Crippen molar-refractivity contribution in [2.45, 2.75) is 27.7 Å². The molecular weight excluding hydrogens is 124 g/mol. The first-order valence-corrected chi connectivity index (χ1v) is 3.83. The molecule has 0 aliphatic heterocycles. The van der Waals surface area contributed by atoms with E-state index >= 15 is 0 Å². The second-order valence-corrected chi connectivity index (χ2v) is 1.18. The Hall–Kier alpha value is -0.790. The van der Waals surface area contributed by atoms with E-state index in [4.69, 9.17) is 0 Å². The molecule has 1 aromatic rings. The molecule has 0 aliphatic rings. The summed E-state index contributed by atoms with van der Waals surface area (Å²) in [6, 6.07) is 1.89. The fourth-order valence-electron chi connectivity index (χ4n) is 0.345. The standard InChI is InChI=1S/C4H6N2.2C2H6/c1-6-4-2-3-5-6;2*1-2/h2-4H,1H3;2*1-2H3. The molecule has 0 unspecified atom stereocenters. The monoisotopic (exact) mass is 142 g/mol. The van der Waals surface area contributed by atoms with Crippen LogP contribution in [-0.4, -0.2) is 9.78 Å². The van der Waals surface area contributed by atoms with Gasteiger partial charge in [0.25, 0.3) is 0 Å². The lowest BCUT2D eigenvalue weighted by molar-refractivity contribution is 0.768. The number of rotatable bonds is 0. The second-order valence-electron chi connectivity index (χ2n) is 1.18. The Kier molecular flexibility index (Phi) is 13.2. The maximum atomic E-state index is 3.83. The smallest absolute Gasteiger partial charge is 0.0489 e. The molecular formula is C8H18N2. The van der Waals surface area contributed by atoms with E-state index < -0.39 is 0 Å². The first-order valence-electron chi connectivity index (χ1n) is 3.83. The van der Waals surface area contributed by atoms with E-state index in [0.717, 1.165) is 0 Å². The van der Waals surface area contributed by atoms with Crippen molar-refractivity contribution in [1.29, 1.82) is 0 Å². The van der Waals surface area contributed by atoms with Crippen molar-refractivity contribution in [2.75, 3.05) is 0 Å². The summed E-state index contributed by atoms with van der Waals surface area (Å²) in [5.41, 5.74) is 0. The third kappa shape index (κ3) is 7.21. The summed E-state index contributed by atoms with van der Waals surface area (Å²) in [5.74, 6) is 0. The van der Waals surface area contributed by atoms with E-state index in [0.29, 0.717) is 0 Å². The Bertz CT molecular complexity index is 111. The number of aromatic nitrogens is 2. The zero-order valence-electron chi connectivity index (χ0n) is 7.63. The molecule has 2 heteroatoms. The van der Waals surface area contributed by atoms with Crippen LogP contribution in [0.2, 0.25) is 0 Å². The molecule has 1 aromatic heterocycles. The van der Waals surface area contributed by atoms with Crippen LogP contribution in [0.25, 0.3) is 0 Å². The highest BCUT2D eigenvalue weighted by molar-refractivity contribution is 4.75. The molecule has 0 N–H and O–H groups in total. The van der Waals surface area contributed by atoms with Gasteiger partial charge in [-0.05, 0) is 6.07 Å². The van der Waals surface area contributed by atoms with Gasteiger partial charge in [0.15, 0.2) is 0 Å². The van der Waals surface area contributed by atoms with Crippen molar-refractivity contribution in [3.63, 3.8) is 0 Å². The number of aryl methyl sites for hydroxylation is 1. The van der Waals surface area contributed by atoms with E-state index in [1.807, 2.05) is 47.0 Å². The molecule has 0 radical (unpaired) electrons. The van der Waals surface area contributed by atoms with E-state index in [1.165, 1.54) is 0 Å². The van der Waals surface area contributed by atoms with E-state index in [-0.39, 0.29) is 0 Å². The van der Waals surface area contributed by atoms with Gasteiger partial charge in [-0.25, -0.2) is 0 Å². The SMILES string of the molecule is CC.CC.Cn1cccn1. The Labute approximate surface area is 63.9 Å². The van der Waals surface area contributed by atoms with E-state index in [1.54, 1.807) is 10.9 Å². The van der Waals surface area contributed by atoms with Gasteiger partial charge in [0.2, 0.25) is 0 Å². The van der Waals surface area contributed by atoms with Crippen LogP contribution in [0, 0.1) is 0 Å². The number of nitrogens with zero attached hydrogens (tertiary/aromatic N) is 2. The lowest BCUT2D eigenvalue weighted by atomic mass is 10.8. The van der Waals surface area contributed by atoms with Gasteiger partial charge >= 0.3 is 0 Å². The van der Waals surface area contributed by atoms with Crippen LogP contribution >= 0.6 is 0 Å².